The first-order valence-corrected chi connectivity index (χ1v) is 26.6. The number of carboxylic acids is 2. The summed E-state index contributed by atoms with van der Waals surface area (Å²) in [7, 11) is 0. The molecule has 1 aromatic rings. The molecule has 22 nitrogen and oxygen atoms in total. The standard InChI is InChI=1S/C47H75N9O13S2/c1-8-27(4)38(46(67)56-20-12-15-36(56)45(66)51-32(19-22-71-7)42(63)54-35(25-57)47(68)69)55-39(60)28(5)49-41(62)31(16-17-37(58)59)50-43(64)33(23-26(2)3)53-44(65)34(24-29-13-10-9-11-14-29)52-40(61)30(48)18-21-70-6/h9-11,13-14,26-28,30-36,38,57H,8,12,15-25,48H2,1-7H3,(H,49,62)(H,50,64)(H,51,66)(H,52,61)(H,53,65)(H,54,63)(H,55,60)(H,58,59)(H,68,69)/t27-,28-,30-,31-,32+,33-,34-,35+,36+,38-/m1/s1. The van der Waals surface area contributed by atoms with Crippen molar-refractivity contribution in [2.45, 2.75) is 147 Å². The minimum atomic E-state index is -1.60. The summed E-state index contributed by atoms with van der Waals surface area (Å²) in [6, 6.07) is -2.29. The molecule has 1 heterocycles. The highest BCUT2D eigenvalue weighted by Gasteiger charge is 2.41. The monoisotopic (exact) mass is 1040 g/mol. The number of hydrogen-bond donors (Lipinski definition) is 11. The van der Waals surface area contributed by atoms with Crippen LogP contribution in [0.1, 0.15) is 91.5 Å². The number of nitrogens with two attached hydrogens (primary N) is 1. The quantitative estimate of drug-likeness (QED) is 0.0433. The molecule has 0 spiro atoms. The molecule has 2 rings (SSSR count). The molecule has 0 aromatic heterocycles. The molecule has 12 N–H and O–H groups in total. The normalized spacial score (nSPS) is 17.2. The zero-order valence-electron chi connectivity index (χ0n) is 41.7. The van der Waals surface area contributed by atoms with Crippen molar-refractivity contribution in [1.82, 2.24) is 42.1 Å². The zero-order chi connectivity index (χ0) is 53.4. The minimum Gasteiger partial charge on any atom is -0.481 e. The lowest BCUT2D eigenvalue weighted by Crippen LogP contribution is -2.61. The third kappa shape index (κ3) is 21.0. The molecule has 1 aliphatic heterocycles. The topological polar surface area (TPSA) is 345 Å². The van der Waals surface area contributed by atoms with Gasteiger partial charge in [0.25, 0.3) is 0 Å². The zero-order valence-corrected chi connectivity index (χ0v) is 43.3. The first-order valence-electron chi connectivity index (χ1n) is 23.8. The van der Waals surface area contributed by atoms with E-state index in [1.54, 1.807) is 64.3 Å². The minimum absolute atomic E-state index is 0.0638. The molecule has 1 aromatic carbocycles. The van der Waals surface area contributed by atoms with E-state index in [4.69, 9.17) is 5.73 Å². The van der Waals surface area contributed by atoms with E-state index in [0.29, 0.717) is 30.8 Å². The van der Waals surface area contributed by atoms with Crippen LogP contribution in [-0.4, -0.2) is 171 Å². The van der Waals surface area contributed by atoms with E-state index in [-0.39, 0.29) is 38.1 Å². The first kappa shape index (κ1) is 61.7. The van der Waals surface area contributed by atoms with Gasteiger partial charge < -0.3 is 63.2 Å². The van der Waals surface area contributed by atoms with Crippen molar-refractivity contribution in [3.63, 3.8) is 0 Å². The van der Waals surface area contributed by atoms with E-state index in [1.165, 1.54) is 35.3 Å². The fourth-order valence-corrected chi connectivity index (χ4v) is 8.51. The van der Waals surface area contributed by atoms with Crippen LogP contribution in [0, 0.1) is 11.8 Å². The Morgan fingerprint density at radius 3 is 1.82 bits per heavy atom. The third-order valence-corrected chi connectivity index (χ3v) is 13.2. The third-order valence-electron chi connectivity index (χ3n) is 11.9. The van der Waals surface area contributed by atoms with E-state index in [9.17, 15) is 63.3 Å². The highest BCUT2D eigenvalue weighted by molar-refractivity contribution is 7.98. The van der Waals surface area contributed by atoms with E-state index in [1.807, 2.05) is 6.26 Å². The van der Waals surface area contributed by atoms with Crippen molar-refractivity contribution >= 4 is 82.7 Å². The van der Waals surface area contributed by atoms with Gasteiger partial charge in [0.1, 0.15) is 48.3 Å². The molecular weight excluding hydrogens is 963 g/mol. The number of benzene rings is 1. The van der Waals surface area contributed by atoms with Crippen LogP contribution >= 0.6 is 23.5 Å². The van der Waals surface area contributed by atoms with E-state index in [0.717, 1.165) is 5.56 Å². The lowest BCUT2D eigenvalue weighted by Gasteiger charge is -2.32. The summed E-state index contributed by atoms with van der Waals surface area (Å²) in [6.45, 7) is 7.69. The molecule has 0 aliphatic carbocycles. The van der Waals surface area contributed by atoms with Crippen molar-refractivity contribution < 1.29 is 63.3 Å². The van der Waals surface area contributed by atoms with Gasteiger partial charge in [-0.3, -0.25) is 43.2 Å². The van der Waals surface area contributed by atoms with Crippen LogP contribution in [0.5, 0.6) is 0 Å². The molecule has 0 bridgehead atoms. The molecule has 0 radical (unpaired) electrons. The van der Waals surface area contributed by atoms with E-state index >= 15 is 0 Å². The van der Waals surface area contributed by atoms with Crippen molar-refractivity contribution in [2.24, 2.45) is 17.6 Å². The summed E-state index contributed by atoms with van der Waals surface area (Å²) in [5.41, 5.74) is 6.83. The van der Waals surface area contributed by atoms with Crippen LogP contribution in [0.2, 0.25) is 0 Å². The molecule has 1 fully saturated rings. The Bertz CT molecular complexity index is 1970. The Labute approximate surface area is 424 Å². The van der Waals surface area contributed by atoms with Crippen LogP contribution in [-0.2, 0) is 54.4 Å². The maximum atomic E-state index is 14.2. The molecule has 398 valence electrons. The van der Waals surface area contributed by atoms with Gasteiger partial charge in [-0.25, -0.2) is 4.79 Å². The molecule has 71 heavy (non-hydrogen) atoms. The van der Waals surface area contributed by atoms with Crippen molar-refractivity contribution in [3.8, 4) is 0 Å². The number of carbonyl (C=O) groups excluding carboxylic acids is 8. The van der Waals surface area contributed by atoms with Gasteiger partial charge in [0.2, 0.25) is 47.3 Å². The summed E-state index contributed by atoms with van der Waals surface area (Å²) in [6.07, 6.45) is 4.34. The predicted octanol–water partition coefficient (Wildman–Crippen LogP) is -0.499. The Balaban J connectivity index is 2.29. The second kappa shape index (κ2) is 31.8. The number of carboxylic acid groups (broad SMARTS) is 2. The highest BCUT2D eigenvalue weighted by Crippen LogP contribution is 2.22. The lowest BCUT2D eigenvalue weighted by atomic mass is 9.97. The maximum absolute atomic E-state index is 14.2. The number of likely N-dealkylation sites (tertiary alicyclic amines) is 1. The van der Waals surface area contributed by atoms with Gasteiger partial charge in [-0.05, 0) is 86.9 Å². The molecule has 1 saturated heterocycles. The molecule has 10 atom stereocenters. The number of aliphatic hydroxyl groups is 1. The van der Waals surface area contributed by atoms with Crippen LogP contribution < -0.4 is 43.0 Å². The van der Waals surface area contributed by atoms with E-state index in [2.05, 4.69) is 37.2 Å². The average Bonchev–Trinajstić information content (AvgIpc) is 3.83. The number of thioether (sulfide) groups is 2. The average molecular weight is 1040 g/mol. The van der Waals surface area contributed by atoms with Crippen LogP contribution in [0.4, 0.5) is 0 Å². The summed E-state index contributed by atoms with van der Waals surface area (Å²) in [5, 5.41) is 46.3. The van der Waals surface area contributed by atoms with Gasteiger partial charge in [-0.2, -0.15) is 23.5 Å². The number of carbonyl (C=O) groups is 10. The number of hydrogen-bond acceptors (Lipinski definition) is 14. The highest BCUT2D eigenvalue weighted by atomic mass is 32.2. The Hall–Kier alpha value is -5.46. The van der Waals surface area contributed by atoms with Gasteiger partial charge in [0.05, 0.1) is 12.6 Å². The fraction of sp³-hybridized carbons (Fsp3) is 0.660. The number of aliphatic carboxylic acids is 2. The van der Waals surface area contributed by atoms with Crippen LogP contribution in [0.15, 0.2) is 30.3 Å². The summed E-state index contributed by atoms with van der Waals surface area (Å²) in [4.78, 5) is 134. The summed E-state index contributed by atoms with van der Waals surface area (Å²) >= 11 is 2.89. The Morgan fingerprint density at radius 1 is 0.690 bits per heavy atom. The number of nitrogens with zero attached hydrogens (tertiary/aromatic N) is 1. The molecule has 1 aliphatic rings. The van der Waals surface area contributed by atoms with Gasteiger partial charge in [0, 0.05) is 19.4 Å². The number of aliphatic hydroxyl groups excluding tert-OH is 1. The molecule has 8 amide bonds. The van der Waals surface area contributed by atoms with Crippen LogP contribution in [0.3, 0.4) is 0 Å². The van der Waals surface area contributed by atoms with Crippen molar-refractivity contribution in [3.05, 3.63) is 35.9 Å². The van der Waals surface area contributed by atoms with Gasteiger partial charge >= 0.3 is 11.9 Å². The Kier molecular flexibility index (Phi) is 27.6. The maximum Gasteiger partial charge on any atom is 0.328 e. The number of nitrogens with one attached hydrogen (secondary N) is 7. The molecule has 24 heteroatoms. The van der Waals surface area contributed by atoms with Gasteiger partial charge in [-0.1, -0.05) is 64.4 Å². The smallest absolute Gasteiger partial charge is 0.328 e. The van der Waals surface area contributed by atoms with E-state index < -0.39 is 139 Å². The van der Waals surface area contributed by atoms with Gasteiger partial charge in [0.15, 0.2) is 0 Å². The fourth-order valence-electron chi connectivity index (χ4n) is 7.55. The summed E-state index contributed by atoms with van der Waals surface area (Å²) in [5.74, 6) is -8.30. The number of rotatable bonds is 32. The van der Waals surface area contributed by atoms with Crippen LogP contribution in [0.25, 0.3) is 0 Å². The second-order valence-corrected chi connectivity index (χ2v) is 20.0. The molecular formula is C47H75N9O13S2. The predicted molar refractivity (Wildman–Crippen MR) is 269 cm³/mol. The van der Waals surface area contributed by atoms with Crippen molar-refractivity contribution in [1.29, 1.82) is 0 Å². The summed E-state index contributed by atoms with van der Waals surface area (Å²) < 4.78 is 0. The second-order valence-electron chi connectivity index (χ2n) is 18.0. The molecule has 0 unspecified atom stereocenters. The molecule has 0 saturated carbocycles. The lowest BCUT2D eigenvalue weighted by molar-refractivity contribution is -0.144. The van der Waals surface area contributed by atoms with Crippen molar-refractivity contribution in [2.75, 3.05) is 37.2 Å². The van der Waals surface area contributed by atoms with Gasteiger partial charge in [-0.15, -0.1) is 0 Å². The Morgan fingerprint density at radius 2 is 1.24 bits per heavy atom. The largest absolute Gasteiger partial charge is 0.481 e. The number of amides is 8. The SMILES string of the molecule is CC[C@@H](C)[C@@H](NC(=O)[C@@H](C)NC(=O)[C@@H](CCC(=O)O)NC(=O)[C@@H](CC(C)C)NC(=O)[C@@H](Cc1ccccc1)NC(=O)[C@H](N)CCSC)C(=O)N1CCC[C@H]1C(=O)N[C@@H](CCSC)C(=O)N[C@@H](CO)C(=O)O. The first-order chi connectivity index (χ1) is 33.6.